The lowest BCUT2D eigenvalue weighted by Gasteiger charge is -2.02. The zero-order valence-electron chi connectivity index (χ0n) is 11.5. The Morgan fingerprint density at radius 3 is 2.80 bits per heavy atom. The van der Waals surface area contributed by atoms with Gasteiger partial charge in [0, 0.05) is 17.6 Å². The summed E-state index contributed by atoms with van der Waals surface area (Å²) in [5.74, 6) is 0. The van der Waals surface area contributed by atoms with Gasteiger partial charge in [0.05, 0.1) is 0 Å². The molecule has 1 atom stereocenters. The zero-order chi connectivity index (χ0) is 13.5. The van der Waals surface area contributed by atoms with Crippen LogP contribution in [0.5, 0.6) is 0 Å². The quantitative estimate of drug-likeness (QED) is 0.691. The average molecular weight is 275 g/mol. The van der Waals surface area contributed by atoms with Crippen LogP contribution in [-0.4, -0.2) is 5.29 Å². The first-order valence-corrected chi connectivity index (χ1v) is 8.38. The van der Waals surface area contributed by atoms with Gasteiger partial charge in [-0.15, -0.1) is 0 Å². The molecular weight excluding hydrogens is 259 g/mol. The van der Waals surface area contributed by atoms with Crippen molar-refractivity contribution in [1.82, 2.24) is 0 Å². The Bertz CT molecular complexity index is 791. The number of allylic oxidation sites excluding steroid dienone is 4. The molecule has 0 saturated heterocycles. The standard InChI is InChI=1S/C19H16P/c1-14-7-6-8-15(13-14)20-18-11-4-2-9-16(18)17-10-3-5-12-19(17)20/h2-11,13H,12H2,1H3/q+1. The number of hydrogen-bond acceptors (Lipinski definition) is 0. The van der Waals surface area contributed by atoms with Gasteiger partial charge < -0.3 is 0 Å². The monoisotopic (exact) mass is 275 g/mol. The smallest absolute Gasteiger partial charge is 0.0763 e. The van der Waals surface area contributed by atoms with E-state index in [1.807, 2.05) is 0 Å². The summed E-state index contributed by atoms with van der Waals surface area (Å²) in [4.78, 5) is 0. The molecule has 0 aromatic heterocycles. The second-order valence-corrected chi connectivity index (χ2v) is 7.56. The van der Waals surface area contributed by atoms with Crippen LogP contribution in [0.1, 0.15) is 17.5 Å². The molecule has 0 nitrogen and oxygen atoms in total. The van der Waals surface area contributed by atoms with Crippen molar-refractivity contribution in [1.29, 1.82) is 0 Å². The molecule has 2 aromatic rings. The Morgan fingerprint density at radius 2 is 1.90 bits per heavy atom. The van der Waals surface area contributed by atoms with Crippen LogP contribution < -0.4 is 10.6 Å². The maximum Gasteiger partial charge on any atom is 0.174 e. The highest BCUT2D eigenvalue weighted by Gasteiger charge is 2.37. The summed E-state index contributed by atoms with van der Waals surface area (Å²) in [5.41, 5.74) is 4.27. The molecule has 96 valence electrons. The molecule has 0 bridgehead atoms. The van der Waals surface area contributed by atoms with Gasteiger partial charge in [0.25, 0.3) is 0 Å². The van der Waals surface area contributed by atoms with Crippen molar-refractivity contribution in [3.63, 3.8) is 0 Å². The molecule has 0 radical (unpaired) electrons. The molecule has 1 heterocycles. The van der Waals surface area contributed by atoms with Gasteiger partial charge in [0.15, 0.2) is 18.2 Å². The highest BCUT2D eigenvalue weighted by atomic mass is 31.1. The van der Waals surface area contributed by atoms with E-state index in [2.05, 4.69) is 73.7 Å². The highest BCUT2D eigenvalue weighted by Crippen LogP contribution is 2.41. The summed E-state index contributed by atoms with van der Waals surface area (Å²) in [6.45, 7) is 2.18. The molecule has 2 aromatic carbocycles. The van der Waals surface area contributed by atoms with Crippen LogP contribution >= 0.6 is 7.55 Å². The maximum atomic E-state index is 2.36. The van der Waals surface area contributed by atoms with E-state index in [0.29, 0.717) is 0 Å². The van der Waals surface area contributed by atoms with Crippen molar-refractivity contribution < 1.29 is 0 Å². The van der Waals surface area contributed by atoms with Gasteiger partial charge in [-0.2, -0.15) is 0 Å². The SMILES string of the molecule is Cc1cccc([P+]2=C3CC=CC=C3c3ccccc32)c1. The first kappa shape index (κ1) is 11.9. The molecule has 0 amide bonds. The van der Waals surface area contributed by atoms with Gasteiger partial charge in [-0.1, -0.05) is 42.5 Å². The normalized spacial score (nSPS) is 17.8. The first-order valence-electron chi connectivity index (χ1n) is 7.04. The second kappa shape index (κ2) is 4.58. The van der Waals surface area contributed by atoms with E-state index in [1.54, 1.807) is 5.29 Å². The summed E-state index contributed by atoms with van der Waals surface area (Å²) in [7, 11) is -0.333. The third-order valence-corrected chi connectivity index (χ3v) is 6.62. The van der Waals surface area contributed by atoms with Gasteiger partial charge in [-0.05, 0) is 36.8 Å². The fourth-order valence-corrected chi connectivity index (χ4v) is 5.95. The number of rotatable bonds is 1. The molecule has 0 fully saturated rings. The zero-order valence-corrected chi connectivity index (χ0v) is 12.4. The third-order valence-electron chi connectivity index (χ3n) is 3.99. The predicted molar refractivity (Wildman–Crippen MR) is 90.6 cm³/mol. The topological polar surface area (TPSA) is 0 Å². The minimum Gasteiger partial charge on any atom is -0.0763 e. The summed E-state index contributed by atoms with van der Waals surface area (Å²) in [6.07, 6.45) is 7.87. The summed E-state index contributed by atoms with van der Waals surface area (Å²) < 4.78 is 0. The van der Waals surface area contributed by atoms with Gasteiger partial charge in [0.2, 0.25) is 0 Å². The molecule has 20 heavy (non-hydrogen) atoms. The molecule has 2 aliphatic rings. The lowest BCUT2D eigenvalue weighted by atomic mass is 9.98. The van der Waals surface area contributed by atoms with Crippen LogP contribution in [0.3, 0.4) is 0 Å². The fraction of sp³-hybridized carbons (Fsp3) is 0.105. The Balaban J connectivity index is 2.02. The average Bonchev–Trinajstić information content (AvgIpc) is 2.82. The van der Waals surface area contributed by atoms with Gasteiger partial charge in [-0.3, -0.25) is 0 Å². The number of hydrogen-bond donors (Lipinski definition) is 0. The molecule has 0 N–H and O–H groups in total. The maximum absolute atomic E-state index is 2.36. The molecule has 1 heteroatoms. The van der Waals surface area contributed by atoms with Crippen molar-refractivity contribution in [2.75, 3.05) is 0 Å². The van der Waals surface area contributed by atoms with Crippen molar-refractivity contribution in [3.05, 3.63) is 77.9 Å². The van der Waals surface area contributed by atoms with E-state index >= 15 is 0 Å². The molecule has 4 rings (SSSR count). The third kappa shape index (κ3) is 1.72. The largest absolute Gasteiger partial charge is 0.174 e. The van der Waals surface area contributed by atoms with Crippen LogP contribution in [0, 0.1) is 6.92 Å². The minimum absolute atomic E-state index is 0.333. The molecular formula is C19H16P+. The Hall–Kier alpha value is -1.91. The minimum atomic E-state index is -0.333. The number of aryl methyl sites for hydroxylation is 1. The van der Waals surface area contributed by atoms with Crippen molar-refractivity contribution >= 4 is 29.0 Å². The highest BCUT2D eigenvalue weighted by molar-refractivity contribution is 7.75. The van der Waals surface area contributed by atoms with Gasteiger partial charge in [-0.25, -0.2) is 0 Å². The molecule has 0 saturated carbocycles. The Kier molecular flexibility index (Phi) is 2.72. The van der Waals surface area contributed by atoms with Crippen molar-refractivity contribution in [2.45, 2.75) is 13.3 Å². The predicted octanol–water partition coefficient (Wildman–Crippen LogP) is 3.96. The number of fused-ring (bicyclic) bond motifs is 3. The van der Waals surface area contributed by atoms with Crippen LogP contribution in [0.15, 0.2) is 66.8 Å². The van der Waals surface area contributed by atoms with E-state index < -0.39 is 0 Å². The van der Waals surface area contributed by atoms with Gasteiger partial charge >= 0.3 is 0 Å². The first-order chi connectivity index (χ1) is 9.84. The summed E-state index contributed by atoms with van der Waals surface area (Å²) >= 11 is 0. The van der Waals surface area contributed by atoms with E-state index in [4.69, 9.17) is 0 Å². The van der Waals surface area contributed by atoms with Crippen LogP contribution in [-0.2, 0) is 0 Å². The van der Waals surface area contributed by atoms with Crippen LogP contribution in [0.25, 0.3) is 5.57 Å². The van der Waals surface area contributed by atoms with Crippen LogP contribution in [0.2, 0.25) is 0 Å². The van der Waals surface area contributed by atoms with E-state index in [9.17, 15) is 0 Å². The Labute approximate surface area is 120 Å². The molecule has 1 aliphatic carbocycles. The fourth-order valence-electron chi connectivity index (χ4n) is 3.11. The summed E-state index contributed by atoms with van der Waals surface area (Å²) in [6, 6.07) is 18.0. The number of benzene rings is 2. The lowest BCUT2D eigenvalue weighted by molar-refractivity contribution is 1.49. The molecule has 1 aliphatic heterocycles. The van der Waals surface area contributed by atoms with Crippen LogP contribution in [0.4, 0.5) is 0 Å². The lowest BCUT2D eigenvalue weighted by Crippen LogP contribution is -2.08. The second-order valence-electron chi connectivity index (χ2n) is 5.35. The molecule has 1 unspecified atom stereocenters. The Morgan fingerprint density at radius 1 is 1.00 bits per heavy atom. The van der Waals surface area contributed by atoms with Gasteiger partial charge in [0.1, 0.15) is 5.29 Å². The van der Waals surface area contributed by atoms with Crippen molar-refractivity contribution in [2.24, 2.45) is 0 Å². The van der Waals surface area contributed by atoms with E-state index in [1.165, 1.54) is 27.3 Å². The summed E-state index contributed by atoms with van der Waals surface area (Å²) in [5, 5.41) is 4.63. The van der Waals surface area contributed by atoms with E-state index in [0.717, 1.165) is 6.42 Å². The van der Waals surface area contributed by atoms with E-state index in [-0.39, 0.29) is 7.55 Å². The molecule has 0 spiro atoms. The van der Waals surface area contributed by atoms with Crippen molar-refractivity contribution in [3.8, 4) is 0 Å².